The number of carbonyl (C=O) groups is 2. The lowest BCUT2D eigenvalue weighted by atomic mass is 9.87. The summed E-state index contributed by atoms with van der Waals surface area (Å²) < 4.78 is 15.8. The predicted octanol–water partition coefficient (Wildman–Crippen LogP) is 3.38. The Hall–Kier alpha value is -2.14. The molecule has 0 radical (unpaired) electrons. The first-order valence-corrected chi connectivity index (χ1v) is 8.21. The van der Waals surface area contributed by atoms with Gasteiger partial charge in [-0.25, -0.2) is 4.79 Å². The van der Waals surface area contributed by atoms with E-state index < -0.39 is 0 Å². The van der Waals surface area contributed by atoms with Gasteiger partial charge in [0, 0.05) is 5.57 Å². The molecule has 0 atom stereocenters. The van der Waals surface area contributed by atoms with E-state index in [9.17, 15) is 9.59 Å². The monoisotopic (exact) mass is 332 g/mol. The molecular formula is C19H24O5. The van der Waals surface area contributed by atoms with E-state index in [0.717, 1.165) is 5.56 Å². The average molecular weight is 332 g/mol. The minimum Gasteiger partial charge on any atom is -0.459 e. The van der Waals surface area contributed by atoms with Crippen LogP contribution in [0.5, 0.6) is 0 Å². The Balaban J connectivity index is 1.62. The molecule has 0 aromatic heterocycles. The van der Waals surface area contributed by atoms with Crippen molar-refractivity contribution in [2.24, 2.45) is 5.92 Å². The summed E-state index contributed by atoms with van der Waals surface area (Å²) in [6, 6.07) is 9.71. The molecule has 1 aliphatic rings. The summed E-state index contributed by atoms with van der Waals surface area (Å²) in [6.45, 7) is 5.56. The van der Waals surface area contributed by atoms with Crippen LogP contribution in [0.3, 0.4) is 0 Å². The number of hydrogen-bond acceptors (Lipinski definition) is 5. The fraction of sp³-hybridized carbons (Fsp3) is 0.474. The maximum atomic E-state index is 12.0. The van der Waals surface area contributed by atoms with Gasteiger partial charge in [-0.3, -0.25) is 4.79 Å². The van der Waals surface area contributed by atoms with Gasteiger partial charge in [0.1, 0.15) is 6.10 Å². The van der Waals surface area contributed by atoms with E-state index in [2.05, 4.69) is 6.58 Å². The third kappa shape index (κ3) is 5.81. The summed E-state index contributed by atoms with van der Waals surface area (Å²) in [6.07, 6.45) is 2.53. The van der Waals surface area contributed by atoms with Crippen LogP contribution in [0.15, 0.2) is 42.5 Å². The highest BCUT2D eigenvalue weighted by atomic mass is 16.7. The maximum Gasteiger partial charge on any atom is 0.333 e. The molecule has 0 aliphatic heterocycles. The summed E-state index contributed by atoms with van der Waals surface area (Å²) in [5.74, 6) is -0.756. The number of benzene rings is 1. The summed E-state index contributed by atoms with van der Waals surface area (Å²) in [5.41, 5.74) is 1.43. The standard InChI is InChI=1S/C19H24O5/c1-14(2)18(20)24-17-10-8-16(9-11-17)19(21)23-13-22-12-15-6-4-3-5-7-15/h3-7,16-17H,1,8-13H2,2H3. The molecule has 0 heterocycles. The number of carbonyl (C=O) groups excluding carboxylic acids is 2. The van der Waals surface area contributed by atoms with Crippen LogP contribution in [-0.4, -0.2) is 24.8 Å². The lowest BCUT2D eigenvalue weighted by molar-refractivity contribution is -0.164. The van der Waals surface area contributed by atoms with Gasteiger partial charge < -0.3 is 14.2 Å². The molecule has 5 nitrogen and oxygen atoms in total. The molecule has 1 aromatic rings. The largest absolute Gasteiger partial charge is 0.459 e. The summed E-state index contributed by atoms with van der Waals surface area (Å²) in [4.78, 5) is 23.5. The second-order valence-electron chi connectivity index (χ2n) is 6.07. The molecule has 0 amide bonds. The van der Waals surface area contributed by atoms with E-state index in [-0.39, 0.29) is 30.8 Å². The molecule has 0 N–H and O–H groups in total. The van der Waals surface area contributed by atoms with Crippen LogP contribution in [0.2, 0.25) is 0 Å². The highest BCUT2D eigenvalue weighted by Crippen LogP contribution is 2.27. The predicted molar refractivity (Wildman–Crippen MR) is 88.8 cm³/mol. The fourth-order valence-electron chi connectivity index (χ4n) is 2.62. The highest BCUT2D eigenvalue weighted by molar-refractivity contribution is 5.87. The van der Waals surface area contributed by atoms with E-state index in [1.54, 1.807) is 6.92 Å². The highest BCUT2D eigenvalue weighted by Gasteiger charge is 2.29. The van der Waals surface area contributed by atoms with Crippen molar-refractivity contribution < 1.29 is 23.8 Å². The molecule has 0 spiro atoms. The smallest absolute Gasteiger partial charge is 0.333 e. The van der Waals surface area contributed by atoms with E-state index in [1.165, 1.54) is 0 Å². The molecule has 1 fully saturated rings. The van der Waals surface area contributed by atoms with Crippen LogP contribution >= 0.6 is 0 Å². The zero-order valence-corrected chi connectivity index (χ0v) is 14.0. The Bertz CT molecular complexity index is 558. The van der Waals surface area contributed by atoms with Crippen LogP contribution < -0.4 is 0 Å². The maximum absolute atomic E-state index is 12.0. The number of rotatable bonds is 7. The van der Waals surface area contributed by atoms with Gasteiger partial charge in [-0.2, -0.15) is 0 Å². The van der Waals surface area contributed by atoms with Crippen LogP contribution in [0.25, 0.3) is 0 Å². The first kappa shape index (κ1) is 18.2. The fourth-order valence-corrected chi connectivity index (χ4v) is 2.62. The van der Waals surface area contributed by atoms with Gasteiger partial charge in [-0.05, 0) is 38.2 Å². The van der Waals surface area contributed by atoms with Crippen molar-refractivity contribution in [2.45, 2.75) is 45.3 Å². The Morgan fingerprint density at radius 2 is 1.79 bits per heavy atom. The molecule has 2 rings (SSSR count). The van der Waals surface area contributed by atoms with Crippen molar-refractivity contribution in [3.8, 4) is 0 Å². The first-order chi connectivity index (χ1) is 11.6. The third-order valence-electron chi connectivity index (χ3n) is 4.03. The topological polar surface area (TPSA) is 61.8 Å². The van der Waals surface area contributed by atoms with Crippen LogP contribution in [0, 0.1) is 5.92 Å². The lowest BCUT2D eigenvalue weighted by Crippen LogP contribution is -2.29. The molecule has 1 aromatic carbocycles. The van der Waals surface area contributed by atoms with Crippen molar-refractivity contribution in [2.75, 3.05) is 6.79 Å². The third-order valence-corrected chi connectivity index (χ3v) is 4.03. The van der Waals surface area contributed by atoms with E-state index >= 15 is 0 Å². The van der Waals surface area contributed by atoms with E-state index in [0.29, 0.717) is 37.9 Å². The zero-order valence-electron chi connectivity index (χ0n) is 14.0. The van der Waals surface area contributed by atoms with Gasteiger partial charge >= 0.3 is 11.9 Å². The molecule has 1 aliphatic carbocycles. The molecule has 24 heavy (non-hydrogen) atoms. The average Bonchev–Trinajstić information content (AvgIpc) is 2.60. The second-order valence-corrected chi connectivity index (χ2v) is 6.07. The van der Waals surface area contributed by atoms with Gasteiger partial charge in [-0.1, -0.05) is 36.9 Å². The van der Waals surface area contributed by atoms with Gasteiger partial charge in [0.05, 0.1) is 12.5 Å². The van der Waals surface area contributed by atoms with Crippen LogP contribution in [0.4, 0.5) is 0 Å². The van der Waals surface area contributed by atoms with Crippen molar-refractivity contribution in [1.82, 2.24) is 0 Å². The number of esters is 2. The van der Waals surface area contributed by atoms with Crippen molar-refractivity contribution in [3.05, 3.63) is 48.0 Å². The van der Waals surface area contributed by atoms with Crippen molar-refractivity contribution in [1.29, 1.82) is 0 Å². The number of ether oxygens (including phenoxy) is 3. The van der Waals surface area contributed by atoms with Gasteiger partial charge in [0.25, 0.3) is 0 Å². The molecule has 0 saturated heterocycles. The first-order valence-electron chi connectivity index (χ1n) is 8.21. The molecule has 130 valence electrons. The van der Waals surface area contributed by atoms with Crippen molar-refractivity contribution >= 4 is 11.9 Å². The SMILES string of the molecule is C=C(C)C(=O)OC1CCC(C(=O)OCOCc2ccccc2)CC1. The lowest BCUT2D eigenvalue weighted by Gasteiger charge is -2.27. The Kier molecular flexibility index (Phi) is 7.00. The molecule has 0 bridgehead atoms. The van der Waals surface area contributed by atoms with Crippen LogP contribution in [-0.2, 0) is 30.4 Å². The summed E-state index contributed by atoms with van der Waals surface area (Å²) in [5, 5.41) is 0. The second kappa shape index (κ2) is 9.23. The Morgan fingerprint density at radius 1 is 1.12 bits per heavy atom. The molecule has 5 heteroatoms. The normalized spacial score (nSPS) is 20.2. The van der Waals surface area contributed by atoms with Gasteiger partial charge in [0.2, 0.25) is 0 Å². The molecular weight excluding hydrogens is 308 g/mol. The Labute approximate surface area is 142 Å². The minimum atomic E-state index is -0.365. The Morgan fingerprint density at radius 3 is 2.42 bits per heavy atom. The van der Waals surface area contributed by atoms with E-state index in [4.69, 9.17) is 14.2 Å². The van der Waals surface area contributed by atoms with Crippen molar-refractivity contribution in [3.63, 3.8) is 0 Å². The zero-order chi connectivity index (χ0) is 17.4. The van der Waals surface area contributed by atoms with E-state index in [1.807, 2.05) is 30.3 Å². The number of hydrogen-bond donors (Lipinski definition) is 0. The van der Waals surface area contributed by atoms with Crippen LogP contribution in [0.1, 0.15) is 38.2 Å². The molecule has 1 saturated carbocycles. The molecule has 0 unspecified atom stereocenters. The summed E-state index contributed by atoms with van der Waals surface area (Å²) >= 11 is 0. The van der Waals surface area contributed by atoms with Gasteiger partial charge in [0.15, 0.2) is 6.79 Å². The van der Waals surface area contributed by atoms with Gasteiger partial charge in [-0.15, -0.1) is 0 Å². The minimum absolute atomic E-state index is 0.0434. The quantitative estimate of drug-likeness (QED) is 0.331. The summed E-state index contributed by atoms with van der Waals surface area (Å²) in [7, 11) is 0.